The van der Waals surface area contributed by atoms with Gasteiger partial charge in [0.15, 0.2) is 43.5 Å². The number of hydrogen-bond donors (Lipinski definition) is 12. The van der Waals surface area contributed by atoms with Crippen LogP contribution in [0.15, 0.2) is 34.9 Å². The molecule has 4 saturated heterocycles. The molecule has 0 radical (unpaired) electrons. The van der Waals surface area contributed by atoms with Gasteiger partial charge in [-0.1, -0.05) is 72.3 Å². The highest BCUT2D eigenvalue weighted by Gasteiger charge is 2.74. The molecule has 30 atom stereocenters. The molecule has 8 fully saturated rings. The lowest BCUT2D eigenvalue weighted by Gasteiger charge is -2.72. The van der Waals surface area contributed by atoms with Crippen molar-refractivity contribution < 1.29 is 133 Å². The highest BCUT2D eigenvalue weighted by atomic mass is 16.8. The van der Waals surface area contributed by atoms with Crippen molar-refractivity contribution in [3.05, 3.63) is 34.9 Å². The summed E-state index contributed by atoms with van der Waals surface area (Å²) in [6, 6.07) is 0. The van der Waals surface area contributed by atoms with E-state index >= 15 is 0 Å². The predicted octanol–water partition coefficient (Wildman–Crippen LogP) is 0.715. The van der Waals surface area contributed by atoms with E-state index in [-0.39, 0.29) is 35.8 Å². The largest absolute Gasteiger partial charge is 0.479 e. The molecule has 4 aliphatic heterocycles. The first kappa shape index (κ1) is 72.6. The van der Waals surface area contributed by atoms with Crippen molar-refractivity contribution >= 4 is 23.9 Å². The van der Waals surface area contributed by atoms with E-state index < -0.39 is 223 Å². The van der Waals surface area contributed by atoms with Crippen LogP contribution in [0.5, 0.6) is 0 Å². The van der Waals surface area contributed by atoms with Crippen LogP contribution in [0.3, 0.4) is 0 Å². The number of aliphatic carboxylic acids is 1. The van der Waals surface area contributed by atoms with Crippen LogP contribution in [-0.2, 0) is 71.3 Å². The number of fused-ring (bicyclic) bond motifs is 7. The molecule has 0 amide bonds. The summed E-state index contributed by atoms with van der Waals surface area (Å²) < 4.78 is 67.8. The summed E-state index contributed by atoms with van der Waals surface area (Å²) in [7, 11) is 0. The number of allylic oxidation sites excluding steroid dienone is 4. The lowest BCUT2D eigenvalue weighted by Crippen LogP contribution is -2.73. The molecule has 0 aromatic rings. The Labute approximate surface area is 535 Å². The fourth-order valence-corrected chi connectivity index (χ4v) is 17.9. The molecule has 27 nitrogen and oxygen atoms in total. The van der Waals surface area contributed by atoms with E-state index in [9.17, 15) is 80.5 Å². The number of ether oxygens (including phenoxy) is 11. The van der Waals surface area contributed by atoms with Crippen molar-refractivity contribution in [1.29, 1.82) is 0 Å². The first-order valence-electron chi connectivity index (χ1n) is 32.3. The van der Waals surface area contributed by atoms with Gasteiger partial charge in [0.2, 0.25) is 0 Å². The van der Waals surface area contributed by atoms with Gasteiger partial charge in [0.25, 0.3) is 0 Å². The maximum atomic E-state index is 13.5. The minimum Gasteiger partial charge on any atom is -0.479 e. The highest BCUT2D eigenvalue weighted by Crippen LogP contribution is 2.76. The van der Waals surface area contributed by atoms with Gasteiger partial charge in [0.1, 0.15) is 79.4 Å². The molecule has 0 aromatic heterocycles. The molecule has 27 heteroatoms. The monoisotopic (exact) mass is 1310 g/mol. The van der Waals surface area contributed by atoms with Crippen LogP contribution in [0, 0.1) is 50.2 Å². The van der Waals surface area contributed by atoms with Gasteiger partial charge in [-0.05, 0) is 124 Å². The minimum atomic E-state index is -2.13. The molecule has 5 aliphatic carbocycles. The molecular weight excluding hydrogens is 1210 g/mol. The van der Waals surface area contributed by atoms with Crippen LogP contribution in [0.1, 0.15) is 135 Å². The Morgan fingerprint density at radius 2 is 1.14 bits per heavy atom. The average Bonchev–Trinajstić information content (AvgIpc) is 0.736. The topological polar surface area (TPSA) is 413 Å². The summed E-state index contributed by atoms with van der Waals surface area (Å²) in [4.78, 5) is 53.0. The maximum absolute atomic E-state index is 13.5. The van der Waals surface area contributed by atoms with Gasteiger partial charge >= 0.3 is 23.9 Å². The smallest absolute Gasteiger partial charge is 0.335 e. The minimum absolute atomic E-state index is 0.0439. The summed E-state index contributed by atoms with van der Waals surface area (Å²) >= 11 is 0. The molecule has 9 aliphatic rings. The Bertz CT molecular complexity index is 2790. The zero-order chi connectivity index (χ0) is 68.0. The number of carboxylic acids is 1. The fraction of sp³-hybridized carbons (Fsp3) is 0.846. The van der Waals surface area contributed by atoms with Gasteiger partial charge in [-0.2, -0.15) is 0 Å². The fourth-order valence-electron chi connectivity index (χ4n) is 17.9. The Kier molecular flexibility index (Phi) is 21.3. The zero-order valence-electron chi connectivity index (χ0n) is 54.8. The zero-order valence-corrected chi connectivity index (χ0v) is 54.8. The van der Waals surface area contributed by atoms with Gasteiger partial charge in [0, 0.05) is 18.1 Å². The lowest BCUT2D eigenvalue weighted by atomic mass is 9.33. The molecule has 4 heterocycles. The molecule has 0 bridgehead atoms. The maximum Gasteiger partial charge on any atom is 0.335 e. The van der Waals surface area contributed by atoms with Crippen LogP contribution in [-0.4, -0.2) is 246 Å². The first-order valence-corrected chi connectivity index (χ1v) is 32.3. The normalized spacial score (nSPS) is 48.4. The van der Waals surface area contributed by atoms with E-state index in [1.54, 1.807) is 33.8 Å². The van der Waals surface area contributed by atoms with E-state index in [0.29, 0.717) is 32.1 Å². The third-order valence-electron chi connectivity index (χ3n) is 23.6. The van der Waals surface area contributed by atoms with Gasteiger partial charge in [-0.25, -0.2) is 14.4 Å². The molecule has 4 saturated carbocycles. The third-order valence-corrected chi connectivity index (χ3v) is 23.6. The molecule has 10 unspecified atom stereocenters. The van der Waals surface area contributed by atoms with E-state index in [0.717, 1.165) is 5.57 Å². The molecule has 12 N–H and O–H groups in total. The number of rotatable bonds is 17. The van der Waals surface area contributed by atoms with Crippen LogP contribution < -0.4 is 0 Å². The van der Waals surface area contributed by atoms with Crippen molar-refractivity contribution in [3.8, 4) is 0 Å². The molecular formula is C65H100O27. The number of aliphatic hydroxyl groups is 11. The standard InChI is InChI=1S/C65H100O27/c1-14-27(3)54(80)87-46-29(5)82-58(45(77)48(46)88-55(81)28(4)15-2)92-51-52(83-30(6)69)65(26-68)32(22-60(51,7)8)31-16-17-36-62(11)20-19-38(61(9,10)35(62)18-21-63(36,12)64(31,13)23-37(65)70)86-59-50(91-57-43(75)41(73)39(71)33(24-66)84-57)47(44(76)49(90-59)53(78)79)89-56-42(74)40(72)34(25-67)85-56/h14-16,29,32-52,56-59,66-68,70-77H,17-26H2,1-13H3,(H,78,79)/b27-14-,28-15-/t29?,32?,33?,34-,35?,36?,37+,38-,39-,40+,41+,42?,43?,44-,45?,46-,47+,48+,49?,50?,51-,52-,56-,57-,58-,59+,62-,63+,64+,65-/m0/s1. The van der Waals surface area contributed by atoms with Crippen LogP contribution in [0.4, 0.5) is 0 Å². The van der Waals surface area contributed by atoms with Crippen molar-refractivity contribution in [2.75, 3.05) is 19.8 Å². The van der Waals surface area contributed by atoms with Crippen molar-refractivity contribution in [2.45, 2.75) is 276 Å². The Morgan fingerprint density at radius 1 is 0.587 bits per heavy atom. The Hall–Kier alpha value is -3.66. The Balaban J connectivity index is 1.01. The summed E-state index contributed by atoms with van der Waals surface area (Å²) in [6.07, 6.45) is -28.8. The van der Waals surface area contributed by atoms with E-state index in [4.69, 9.17) is 52.1 Å². The number of esters is 3. The second-order valence-corrected chi connectivity index (χ2v) is 29.3. The highest BCUT2D eigenvalue weighted by molar-refractivity contribution is 5.88. The van der Waals surface area contributed by atoms with Crippen molar-refractivity contribution in [1.82, 2.24) is 0 Å². The SMILES string of the molecule is C/C=C(/C)C(=O)O[C@@H]1C(O)[C@H](O[C@H]2[C@H](OC(C)=O)[C@@]3(CO)C(CC2(C)C)C2=CCC4[C@@]5(C)CC[C@H](O[C@@H]6OC(C(=O)O)[C@@H](O)[C@@H](O[C@@H]7O[C@@H](CO)[C@@H](O)C7O)C6O[C@@H]6OC(CO)[C@H](O)[C@@H](O)C6O)C(C)(C)C5CC[C@@]4(C)[C@]2(C)C[C@H]3O)OC(C)[C@@H]1OC(=O)/C(C)=C\C. The molecule has 92 heavy (non-hydrogen) atoms. The molecule has 0 aromatic carbocycles. The van der Waals surface area contributed by atoms with Gasteiger partial charge in [-0.15, -0.1) is 0 Å². The molecule has 0 spiro atoms. The van der Waals surface area contributed by atoms with E-state index in [1.807, 2.05) is 27.7 Å². The van der Waals surface area contributed by atoms with Crippen LogP contribution in [0.25, 0.3) is 0 Å². The molecule has 522 valence electrons. The second kappa shape index (κ2) is 27.0. The van der Waals surface area contributed by atoms with Gasteiger partial charge < -0.3 is 113 Å². The number of carbonyl (C=O) groups is 4. The summed E-state index contributed by atoms with van der Waals surface area (Å²) in [5.74, 6) is -4.65. The molecule has 9 rings (SSSR count). The van der Waals surface area contributed by atoms with E-state index in [1.165, 1.54) is 19.9 Å². The predicted molar refractivity (Wildman–Crippen MR) is 316 cm³/mol. The average molecular weight is 1310 g/mol. The van der Waals surface area contributed by atoms with E-state index in [2.05, 4.69) is 26.8 Å². The summed E-state index contributed by atoms with van der Waals surface area (Å²) in [5.41, 5.74) is -3.55. The van der Waals surface area contributed by atoms with Crippen LogP contribution in [0.2, 0.25) is 0 Å². The van der Waals surface area contributed by atoms with Gasteiger partial charge in [-0.3, -0.25) is 4.79 Å². The second-order valence-electron chi connectivity index (χ2n) is 29.3. The lowest BCUT2D eigenvalue weighted by molar-refractivity contribution is -0.386. The third kappa shape index (κ3) is 12.2. The quantitative estimate of drug-likeness (QED) is 0.0314. The number of aliphatic hydroxyl groups excluding tert-OH is 11. The number of carbonyl (C=O) groups excluding carboxylic acids is 3. The van der Waals surface area contributed by atoms with Crippen LogP contribution >= 0.6 is 0 Å². The van der Waals surface area contributed by atoms with Crippen molar-refractivity contribution in [3.63, 3.8) is 0 Å². The Morgan fingerprint density at radius 3 is 1.70 bits per heavy atom. The number of hydrogen-bond acceptors (Lipinski definition) is 26. The number of carboxylic acid groups (broad SMARTS) is 1. The summed E-state index contributed by atoms with van der Waals surface area (Å²) in [5, 5.41) is 134. The first-order chi connectivity index (χ1) is 43.0. The summed E-state index contributed by atoms with van der Waals surface area (Å²) in [6.45, 7) is 21.5. The van der Waals surface area contributed by atoms with Crippen molar-refractivity contribution in [2.24, 2.45) is 50.2 Å². The van der Waals surface area contributed by atoms with Gasteiger partial charge in [0.05, 0.1) is 43.5 Å².